The van der Waals surface area contributed by atoms with Gasteiger partial charge in [-0.05, 0) is 98.2 Å². The first-order valence-electron chi connectivity index (χ1n) is 15.5. The summed E-state index contributed by atoms with van der Waals surface area (Å²) in [5, 5.41) is 18.8. The molecule has 6 nitrogen and oxygen atoms in total. The lowest BCUT2D eigenvalue weighted by atomic mass is 10.0. The molecular weight excluding hydrogens is 552 g/mol. The van der Waals surface area contributed by atoms with Crippen LogP contribution in [0.3, 0.4) is 0 Å². The maximum absolute atomic E-state index is 9.42. The normalized spacial score (nSPS) is 14.0. The van der Waals surface area contributed by atoms with Crippen LogP contribution in [0.5, 0.6) is 11.5 Å². The van der Waals surface area contributed by atoms with Crippen LogP contribution in [-0.4, -0.2) is 48.8 Å². The molecule has 0 aliphatic heterocycles. The Labute approximate surface area is 262 Å². The van der Waals surface area contributed by atoms with E-state index < -0.39 is 12.2 Å². The Morgan fingerprint density at radius 1 is 0.455 bits per heavy atom. The molecule has 0 amide bonds. The number of aliphatic hydroxyl groups excluding tert-OH is 2. The summed E-state index contributed by atoms with van der Waals surface area (Å²) in [7, 11) is 0. The van der Waals surface area contributed by atoms with Gasteiger partial charge in [-0.1, -0.05) is 72.8 Å². The first-order chi connectivity index (χ1) is 21.3. The summed E-state index contributed by atoms with van der Waals surface area (Å²) < 4.78 is 23.3. The number of hydrogen-bond donors (Lipinski definition) is 2. The molecule has 4 rings (SSSR count). The summed E-state index contributed by atoms with van der Waals surface area (Å²) in [5.41, 5.74) is 6.70. The van der Waals surface area contributed by atoms with Gasteiger partial charge in [0, 0.05) is 0 Å². The highest BCUT2D eigenvalue weighted by Crippen LogP contribution is 2.27. The molecule has 0 bridgehead atoms. The maximum atomic E-state index is 9.42. The lowest BCUT2D eigenvalue weighted by Gasteiger charge is -2.15. The highest BCUT2D eigenvalue weighted by atomic mass is 16.5. The fourth-order valence-electron chi connectivity index (χ4n) is 4.72. The van der Waals surface area contributed by atoms with Crippen molar-refractivity contribution >= 4 is 0 Å². The lowest BCUT2D eigenvalue weighted by molar-refractivity contribution is 0.00449. The largest absolute Gasteiger partial charge is 0.494 e. The van der Waals surface area contributed by atoms with Gasteiger partial charge in [0.1, 0.15) is 11.5 Å². The molecule has 2 N–H and O–H groups in total. The Kier molecular flexibility index (Phi) is 12.8. The average molecular weight is 599 g/mol. The molecular formula is C38H46O6. The Bertz CT molecular complexity index is 1250. The Morgan fingerprint density at radius 2 is 0.750 bits per heavy atom. The van der Waals surface area contributed by atoms with Gasteiger partial charge >= 0.3 is 0 Å². The van der Waals surface area contributed by atoms with E-state index in [9.17, 15) is 10.2 Å². The van der Waals surface area contributed by atoms with E-state index in [2.05, 4.69) is 72.8 Å². The third-order valence-electron chi connectivity index (χ3n) is 7.39. The first-order valence-corrected chi connectivity index (χ1v) is 15.5. The van der Waals surface area contributed by atoms with Gasteiger partial charge < -0.3 is 29.2 Å². The zero-order chi connectivity index (χ0) is 31.3. The van der Waals surface area contributed by atoms with Gasteiger partial charge in [0.25, 0.3) is 0 Å². The van der Waals surface area contributed by atoms with Crippen LogP contribution in [-0.2, 0) is 9.47 Å². The SMILES string of the molecule is CC(O)COC(C)c1ccc(-c2ccc(OCCCCOc3ccc(-c4ccc(C(C)OCC(C)O)cc4)cc3)cc2)cc1. The second-order valence-electron chi connectivity index (χ2n) is 11.3. The quantitative estimate of drug-likeness (QED) is 0.119. The Morgan fingerprint density at radius 3 is 1.05 bits per heavy atom. The summed E-state index contributed by atoms with van der Waals surface area (Å²) in [5.74, 6) is 1.72. The molecule has 4 aromatic rings. The average Bonchev–Trinajstić information content (AvgIpc) is 3.05. The van der Waals surface area contributed by atoms with Crippen molar-refractivity contribution in [3.05, 3.63) is 108 Å². The van der Waals surface area contributed by atoms with Crippen molar-refractivity contribution in [3.63, 3.8) is 0 Å². The predicted octanol–water partition coefficient (Wildman–Crippen LogP) is 8.18. The number of unbranched alkanes of at least 4 members (excludes halogenated alkanes) is 1. The summed E-state index contributed by atoms with van der Waals surface area (Å²) in [4.78, 5) is 0. The van der Waals surface area contributed by atoms with E-state index in [4.69, 9.17) is 18.9 Å². The number of rotatable bonds is 17. The monoisotopic (exact) mass is 598 g/mol. The van der Waals surface area contributed by atoms with Crippen molar-refractivity contribution < 1.29 is 29.2 Å². The third kappa shape index (κ3) is 10.5. The molecule has 0 heterocycles. The van der Waals surface area contributed by atoms with E-state index in [1.54, 1.807) is 13.8 Å². The molecule has 0 saturated carbocycles. The molecule has 234 valence electrons. The van der Waals surface area contributed by atoms with Crippen LogP contribution >= 0.6 is 0 Å². The van der Waals surface area contributed by atoms with Crippen molar-refractivity contribution in [3.8, 4) is 33.8 Å². The van der Waals surface area contributed by atoms with Crippen LogP contribution in [0.25, 0.3) is 22.3 Å². The topological polar surface area (TPSA) is 77.4 Å². The van der Waals surface area contributed by atoms with Gasteiger partial charge in [-0.3, -0.25) is 0 Å². The Balaban J connectivity index is 1.14. The molecule has 4 atom stereocenters. The minimum absolute atomic E-state index is 0.0619. The van der Waals surface area contributed by atoms with Crippen molar-refractivity contribution in [2.75, 3.05) is 26.4 Å². The predicted molar refractivity (Wildman–Crippen MR) is 176 cm³/mol. The molecule has 0 saturated heterocycles. The van der Waals surface area contributed by atoms with Crippen LogP contribution < -0.4 is 9.47 Å². The van der Waals surface area contributed by atoms with E-state index >= 15 is 0 Å². The highest BCUT2D eigenvalue weighted by Gasteiger charge is 2.09. The smallest absolute Gasteiger partial charge is 0.119 e. The molecule has 0 aromatic heterocycles. The van der Waals surface area contributed by atoms with Crippen molar-refractivity contribution in [2.45, 2.75) is 65.0 Å². The maximum Gasteiger partial charge on any atom is 0.119 e. The minimum atomic E-state index is -0.468. The van der Waals surface area contributed by atoms with E-state index in [-0.39, 0.29) is 12.2 Å². The van der Waals surface area contributed by atoms with Crippen molar-refractivity contribution in [2.24, 2.45) is 0 Å². The molecule has 4 aromatic carbocycles. The second kappa shape index (κ2) is 17.0. The van der Waals surface area contributed by atoms with E-state index in [0.29, 0.717) is 26.4 Å². The standard InChI is InChI=1S/C38H46O6/c1-27(39)25-43-29(3)31-7-11-33(12-8-31)35-15-19-37(20-16-35)41-23-5-6-24-42-38-21-17-36(18-22-38)34-13-9-32(10-14-34)30(4)44-26-28(2)40/h7-22,27-30,39-40H,5-6,23-26H2,1-4H3. The molecule has 0 aliphatic rings. The van der Waals surface area contributed by atoms with Gasteiger partial charge in [0.15, 0.2) is 0 Å². The molecule has 0 aliphatic carbocycles. The zero-order valence-corrected chi connectivity index (χ0v) is 26.3. The van der Waals surface area contributed by atoms with Crippen LogP contribution in [0.4, 0.5) is 0 Å². The first kappa shape index (κ1) is 33.2. The lowest BCUT2D eigenvalue weighted by Crippen LogP contribution is -2.12. The summed E-state index contributed by atoms with van der Waals surface area (Å²) >= 11 is 0. The van der Waals surface area contributed by atoms with Crippen molar-refractivity contribution in [1.29, 1.82) is 0 Å². The van der Waals surface area contributed by atoms with Gasteiger partial charge in [-0.15, -0.1) is 0 Å². The summed E-state index contributed by atoms with van der Waals surface area (Å²) in [6, 6.07) is 33.0. The number of benzene rings is 4. The highest BCUT2D eigenvalue weighted by molar-refractivity contribution is 5.65. The fraction of sp³-hybridized carbons (Fsp3) is 0.368. The van der Waals surface area contributed by atoms with Crippen LogP contribution in [0.15, 0.2) is 97.1 Å². The van der Waals surface area contributed by atoms with Crippen LogP contribution in [0, 0.1) is 0 Å². The van der Waals surface area contributed by atoms with Gasteiger partial charge in [-0.2, -0.15) is 0 Å². The number of ether oxygens (including phenoxy) is 4. The van der Waals surface area contributed by atoms with Crippen molar-refractivity contribution in [1.82, 2.24) is 0 Å². The van der Waals surface area contributed by atoms with Crippen LogP contribution in [0.1, 0.15) is 63.9 Å². The van der Waals surface area contributed by atoms with E-state index in [0.717, 1.165) is 57.7 Å². The van der Waals surface area contributed by atoms with E-state index in [1.807, 2.05) is 38.1 Å². The molecule has 6 heteroatoms. The second-order valence-corrected chi connectivity index (χ2v) is 11.3. The summed E-state index contributed by atoms with van der Waals surface area (Å²) in [6.07, 6.45) is 0.751. The molecule has 4 unspecified atom stereocenters. The fourth-order valence-corrected chi connectivity index (χ4v) is 4.72. The molecule has 0 fully saturated rings. The summed E-state index contributed by atoms with van der Waals surface area (Å²) in [6.45, 7) is 9.37. The van der Waals surface area contributed by atoms with Gasteiger partial charge in [0.2, 0.25) is 0 Å². The Hall–Kier alpha value is -3.68. The van der Waals surface area contributed by atoms with Crippen LogP contribution in [0.2, 0.25) is 0 Å². The molecule has 44 heavy (non-hydrogen) atoms. The van der Waals surface area contributed by atoms with Gasteiger partial charge in [0.05, 0.1) is 50.8 Å². The molecule has 0 radical (unpaired) electrons. The zero-order valence-electron chi connectivity index (χ0n) is 26.3. The minimum Gasteiger partial charge on any atom is -0.494 e. The van der Waals surface area contributed by atoms with E-state index in [1.165, 1.54) is 0 Å². The third-order valence-corrected chi connectivity index (χ3v) is 7.39. The number of hydrogen-bond acceptors (Lipinski definition) is 6. The molecule has 0 spiro atoms. The number of aliphatic hydroxyl groups is 2. The van der Waals surface area contributed by atoms with Gasteiger partial charge in [-0.25, -0.2) is 0 Å².